The summed E-state index contributed by atoms with van der Waals surface area (Å²) in [6, 6.07) is 1.21. The zero-order chi connectivity index (χ0) is 33.2. The van der Waals surface area contributed by atoms with Gasteiger partial charge in [0.2, 0.25) is 23.4 Å². The van der Waals surface area contributed by atoms with Gasteiger partial charge < -0.3 is 24.7 Å². The monoisotopic (exact) mass is 628 g/mol. The van der Waals surface area contributed by atoms with E-state index >= 15 is 0 Å². The number of Topliss-reactive ketones (excluding diaryl/α,β-unsaturated/α-hetero) is 1. The Kier molecular flexibility index (Phi) is 12.9. The van der Waals surface area contributed by atoms with E-state index in [1.807, 2.05) is 0 Å². The Morgan fingerprint density at radius 3 is 2.25 bits per heavy atom. The van der Waals surface area contributed by atoms with Crippen LogP contribution in [0, 0.1) is 29.2 Å². The second kappa shape index (κ2) is 15.9. The van der Waals surface area contributed by atoms with Crippen LogP contribution in [0.4, 0.5) is 28.0 Å². The summed E-state index contributed by atoms with van der Waals surface area (Å²) in [6.45, 7) is 7.72. The van der Waals surface area contributed by atoms with E-state index in [4.69, 9.17) is 9.47 Å². The second-order valence-electron chi connectivity index (χ2n) is 10.9. The molecule has 15 heteroatoms. The number of ketones is 1. The molecule has 2 atom stereocenters. The molecular formula is C29H36F4N4O7. The summed E-state index contributed by atoms with van der Waals surface area (Å²) >= 11 is 0. The van der Waals surface area contributed by atoms with Crippen molar-refractivity contribution in [1.82, 2.24) is 15.2 Å². The fourth-order valence-electron chi connectivity index (χ4n) is 3.91. The summed E-state index contributed by atoms with van der Waals surface area (Å²) in [5.41, 5.74) is -1.79. The first-order chi connectivity index (χ1) is 20.6. The zero-order valence-electron chi connectivity index (χ0n) is 25.0. The van der Waals surface area contributed by atoms with Gasteiger partial charge in [-0.05, 0) is 45.7 Å². The molecule has 11 nitrogen and oxygen atoms in total. The molecule has 3 N–H and O–H groups in total. The van der Waals surface area contributed by atoms with Crippen molar-refractivity contribution < 1.29 is 46.2 Å². The molecule has 1 unspecified atom stereocenters. The van der Waals surface area contributed by atoms with E-state index in [0.717, 1.165) is 4.57 Å². The molecule has 1 saturated heterocycles. The number of pyridine rings is 1. The van der Waals surface area contributed by atoms with Crippen molar-refractivity contribution in [2.45, 2.75) is 72.1 Å². The van der Waals surface area contributed by atoms with Gasteiger partial charge in [0.05, 0.1) is 6.04 Å². The smallest absolute Gasteiger partial charge is 0.412 e. The van der Waals surface area contributed by atoms with E-state index < -0.39 is 83.1 Å². The maximum Gasteiger partial charge on any atom is 0.412 e. The highest BCUT2D eigenvalue weighted by molar-refractivity contribution is 5.91. The average molecular weight is 629 g/mol. The van der Waals surface area contributed by atoms with Gasteiger partial charge in [-0.1, -0.05) is 20.3 Å². The minimum Gasteiger partial charge on any atom is -0.479 e. The van der Waals surface area contributed by atoms with E-state index in [9.17, 15) is 41.5 Å². The molecule has 1 fully saturated rings. The molecule has 2 heterocycles. The van der Waals surface area contributed by atoms with E-state index in [2.05, 4.69) is 29.8 Å². The van der Waals surface area contributed by atoms with E-state index in [1.165, 1.54) is 24.8 Å². The molecule has 1 aliphatic rings. The summed E-state index contributed by atoms with van der Waals surface area (Å²) in [4.78, 5) is 62.6. The molecule has 0 aliphatic carbocycles. The Morgan fingerprint density at radius 2 is 1.70 bits per heavy atom. The van der Waals surface area contributed by atoms with Crippen LogP contribution in [0.5, 0.6) is 5.75 Å². The first kappa shape index (κ1) is 35.8. The van der Waals surface area contributed by atoms with Crippen molar-refractivity contribution in [2.75, 3.05) is 18.5 Å². The maximum atomic E-state index is 13.9. The second-order valence-corrected chi connectivity index (χ2v) is 10.9. The van der Waals surface area contributed by atoms with Crippen LogP contribution in [-0.4, -0.2) is 53.1 Å². The number of hydrogen-bond acceptors (Lipinski definition) is 7. The Morgan fingerprint density at radius 1 is 1.09 bits per heavy atom. The minimum absolute atomic E-state index is 0.0267. The van der Waals surface area contributed by atoms with Crippen molar-refractivity contribution in [3.05, 3.63) is 58.0 Å². The average Bonchev–Trinajstić information content (AvgIpc) is 3.32. The lowest BCUT2D eigenvalue weighted by Crippen LogP contribution is -2.46. The standard InChI is InChI=1S/C26H28F4N4O7.C3H8/c1-26(2,3)41-25(39)33-16-5-4-8-34(24(16)38)11-19(36)32-17(9-13-6-7-31-23(13)37)18(35)12-40-22-20(29)14(27)10-15(28)21(22)30;1-3-2/h4-5,8,10,13,17H,6-7,9,11-12H2,1-3H3,(H,31,37)(H,32,36)(H,33,39);3H2,1-2H3/t13-,17?;/m0./s1. The van der Waals surface area contributed by atoms with Crippen molar-refractivity contribution in [1.29, 1.82) is 0 Å². The lowest BCUT2D eigenvalue weighted by molar-refractivity contribution is -0.130. The van der Waals surface area contributed by atoms with Crippen molar-refractivity contribution in [3.63, 3.8) is 0 Å². The number of hydrogen-bond donors (Lipinski definition) is 3. The van der Waals surface area contributed by atoms with Gasteiger partial charge in [-0.2, -0.15) is 8.78 Å². The summed E-state index contributed by atoms with van der Waals surface area (Å²) in [5, 5.41) is 7.22. The lowest BCUT2D eigenvalue weighted by atomic mass is 9.96. The topological polar surface area (TPSA) is 145 Å². The highest BCUT2D eigenvalue weighted by Crippen LogP contribution is 2.26. The fraction of sp³-hybridized carbons (Fsp3) is 0.483. The molecule has 2 aromatic rings. The van der Waals surface area contributed by atoms with Gasteiger partial charge in [0.25, 0.3) is 5.56 Å². The maximum absolute atomic E-state index is 13.9. The molecule has 0 saturated carbocycles. The molecule has 0 bridgehead atoms. The first-order valence-electron chi connectivity index (χ1n) is 13.8. The molecule has 44 heavy (non-hydrogen) atoms. The number of carbonyl (C=O) groups is 4. The number of benzene rings is 1. The number of halogens is 4. The normalized spacial score (nSPS) is 14.9. The third kappa shape index (κ3) is 10.4. The van der Waals surface area contributed by atoms with Crippen LogP contribution < -0.4 is 26.2 Å². The molecule has 1 aromatic carbocycles. The highest BCUT2D eigenvalue weighted by atomic mass is 19.2. The Hall–Kier alpha value is -4.43. The summed E-state index contributed by atoms with van der Waals surface area (Å²) in [5.74, 6) is -11.6. The van der Waals surface area contributed by atoms with Crippen molar-refractivity contribution in [2.24, 2.45) is 5.92 Å². The molecule has 0 spiro atoms. The third-order valence-corrected chi connectivity index (χ3v) is 5.81. The van der Waals surface area contributed by atoms with Gasteiger partial charge in [-0.25, -0.2) is 13.6 Å². The van der Waals surface area contributed by atoms with Gasteiger partial charge >= 0.3 is 6.09 Å². The van der Waals surface area contributed by atoms with Gasteiger partial charge in [0, 0.05) is 24.7 Å². The number of carbonyl (C=O) groups excluding carboxylic acids is 4. The Bertz CT molecular complexity index is 1400. The van der Waals surface area contributed by atoms with E-state index in [0.29, 0.717) is 13.0 Å². The number of nitrogens with zero attached hydrogens (tertiary/aromatic N) is 1. The fourth-order valence-corrected chi connectivity index (χ4v) is 3.91. The minimum atomic E-state index is -1.85. The predicted octanol–water partition coefficient (Wildman–Crippen LogP) is 3.83. The Balaban J connectivity index is 0.00000216. The summed E-state index contributed by atoms with van der Waals surface area (Å²) in [7, 11) is 0. The molecule has 0 radical (unpaired) electrons. The van der Waals surface area contributed by atoms with Gasteiger partial charge in [0.15, 0.2) is 23.2 Å². The highest BCUT2D eigenvalue weighted by Gasteiger charge is 2.32. The summed E-state index contributed by atoms with van der Waals surface area (Å²) in [6.07, 6.45) is 1.70. The predicted molar refractivity (Wildman–Crippen MR) is 151 cm³/mol. The molecular weight excluding hydrogens is 592 g/mol. The largest absolute Gasteiger partial charge is 0.479 e. The van der Waals surface area contributed by atoms with Crippen molar-refractivity contribution in [3.8, 4) is 5.75 Å². The zero-order valence-corrected chi connectivity index (χ0v) is 25.0. The number of rotatable bonds is 10. The van der Waals surface area contributed by atoms with Crippen LogP contribution in [0.3, 0.4) is 0 Å². The Labute approximate surface area is 251 Å². The third-order valence-electron chi connectivity index (χ3n) is 5.81. The van der Waals surface area contributed by atoms with Crippen LogP contribution in [0.2, 0.25) is 0 Å². The molecule has 242 valence electrons. The SMILES string of the molecule is CC(C)(C)OC(=O)Nc1cccn(CC(=O)NC(C[C@@H]2CCNC2=O)C(=O)COc2c(F)c(F)cc(F)c2F)c1=O.CCC. The lowest BCUT2D eigenvalue weighted by Gasteiger charge is -2.21. The number of nitrogens with one attached hydrogen (secondary N) is 3. The molecule has 3 rings (SSSR count). The van der Waals surface area contributed by atoms with Gasteiger partial charge in [0.1, 0.15) is 24.4 Å². The van der Waals surface area contributed by atoms with Crippen LogP contribution in [0.25, 0.3) is 0 Å². The van der Waals surface area contributed by atoms with Gasteiger partial charge in [-0.3, -0.25) is 24.5 Å². The quantitative estimate of drug-likeness (QED) is 0.268. The van der Waals surface area contributed by atoms with Crippen LogP contribution in [0.1, 0.15) is 53.9 Å². The van der Waals surface area contributed by atoms with Crippen molar-refractivity contribution >= 4 is 29.4 Å². The van der Waals surface area contributed by atoms with E-state index in [-0.39, 0.29) is 24.1 Å². The summed E-state index contributed by atoms with van der Waals surface area (Å²) < 4.78 is 65.7. The number of ether oxygens (including phenoxy) is 2. The van der Waals surface area contributed by atoms with Crippen LogP contribution in [0.15, 0.2) is 29.2 Å². The van der Waals surface area contributed by atoms with E-state index in [1.54, 1.807) is 20.8 Å². The van der Waals surface area contributed by atoms with Crippen LogP contribution >= 0.6 is 0 Å². The van der Waals surface area contributed by atoms with Crippen LogP contribution in [-0.2, 0) is 25.7 Å². The number of amides is 3. The molecule has 1 aliphatic heterocycles. The number of anilines is 1. The number of aromatic nitrogens is 1. The molecule has 3 amide bonds. The first-order valence-corrected chi connectivity index (χ1v) is 13.8. The van der Waals surface area contributed by atoms with Gasteiger partial charge in [-0.15, -0.1) is 0 Å². The molecule has 1 aromatic heterocycles.